The van der Waals surface area contributed by atoms with Crippen molar-refractivity contribution in [3.05, 3.63) is 28.6 Å². The van der Waals surface area contributed by atoms with Gasteiger partial charge >= 0.3 is 0 Å². The summed E-state index contributed by atoms with van der Waals surface area (Å²) >= 11 is 0. The van der Waals surface area contributed by atoms with Crippen molar-refractivity contribution in [3.8, 4) is 0 Å². The zero-order chi connectivity index (χ0) is 18.0. The largest absolute Gasteiger partial charge is 0.355 e. The summed E-state index contributed by atoms with van der Waals surface area (Å²) in [4.78, 5) is 12.3. The zero-order valence-electron chi connectivity index (χ0n) is 15.7. The van der Waals surface area contributed by atoms with Crippen LogP contribution in [0.5, 0.6) is 0 Å². The van der Waals surface area contributed by atoms with Crippen molar-refractivity contribution >= 4 is 5.91 Å². The minimum atomic E-state index is 0.0384. The quantitative estimate of drug-likeness (QED) is 0.827. The van der Waals surface area contributed by atoms with Gasteiger partial charge in [-0.2, -0.15) is 5.10 Å². The number of nitrogens with one attached hydrogen (secondary N) is 1. The van der Waals surface area contributed by atoms with E-state index in [0.717, 1.165) is 61.0 Å². The van der Waals surface area contributed by atoms with Crippen LogP contribution in [0.1, 0.15) is 48.9 Å². The fraction of sp³-hybridized carbons (Fsp3) is 0.667. The van der Waals surface area contributed by atoms with Crippen molar-refractivity contribution in [2.45, 2.75) is 66.5 Å². The monoisotopic (exact) mass is 344 g/mol. The first kappa shape index (κ1) is 17.6. The van der Waals surface area contributed by atoms with E-state index in [1.807, 2.05) is 18.5 Å². The molecule has 0 unspecified atom stereocenters. The van der Waals surface area contributed by atoms with Crippen LogP contribution in [0, 0.1) is 19.8 Å². The number of rotatable bonds is 7. The molecule has 1 amide bonds. The Morgan fingerprint density at radius 2 is 2.08 bits per heavy atom. The van der Waals surface area contributed by atoms with Crippen LogP contribution in [0.2, 0.25) is 0 Å². The highest BCUT2D eigenvalue weighted by Gasteiger charge is 2.18. The Labute approximate surface area is 148 Å². The molecular formula is C18H28N6O. The number of hydrogen-bond donors (Lipinski definition) is 1. The minimum absolute atomic E-state index is 0.0384. The first-order valence-corrected chi connectivity index (χ1v) is 9.16. The van der Waals surface area contributed by atoms with Gasteiger partial charge in [0.05, 0.1) is 12.1 Å². The summed E-state index contributed by atoms with van der Waals surface area (Å²) in [6.45, 7) is 10.8. The van der Waals surface area contributed by atoms with E-state index in [4.69, 9.17) is 0 Å². The Bertz CT molecular complexity index is 758. The van der Waals surface area contributed by atoms with Crippen LogP contribution in [0.25, 0.3) is 0 Å². The van der Waals surface area contributed by atoms with Crippen LogP contribution in [-0.2, 0) is 37.1 Å². The second kappa shape index (κ2) is 7.37. The Balaban J connectivity index is 1.53. The van der Waals surface area contributed by atoms with Crippen molar-refractivity contribution in [3.63, 3.8) is 0 Å². The number of carbonyl (C=O) groups is 1. The highest BCUT2D eigenvalue weighted by Crippen LogP contribution is 2.16. The summed E-state index contributed by atoms with van der Waals surface area (Å²) in [6.07, 6.45) is 3.26. The number of fused-ring (bicyclic) bond motifs is 1. The summed E-state index contributed by atoms with van der Waals surface area (Å²) < 4.78 is 4.19. The highest BCUT2D eigenvalue weighted by atomic mass is 16.1. The third-order valence-electron chi connectivity index (χ3n) is 4.76. The fourth-order valence-electron chi connectivity index (χ4n) is 3.45. The van der Waals surface area contributed by atoms with Gasteiger partial charge in [0.15, 0.2) is 0 Å². The predicted molar refractivity (Wildman–Crippen MR) is 95.3 cm³/mol. The molecule has 25 heavy (non-hydrogen) atoms. The van der Waals surface area contributed by atoms with E-state index >= 15 is 0 Å². The summed E-state index contributed by atoms with van der Waals surface area (Å²) in [5.74, 6) is 2.62. The van der Waals surface area contributed by atoms with Crippen molar-refractivity contribution < 1.29 is 4.79 Å². The number of aryl methyl sites for hydroxylation is 2. The standard InChI is InChI=1S/C18H28N6O/c1-12(2)11-24-14(4)15(13(3)22-24)10-18(25)19-8-7-17-21-20-16-6-5-9-23(16)17/h12H,5-11H2,1-4H3,(H,19,25). The number of amides is 1. The van der Waals surface area contributed by atoms with Gasteiger partial charge in [0.25, 0.3) is 0 Å². The van der Waals surface area contributed by atoms with Gasteiger partial charge in [-0.05, 0) is 26.2 Å². The van der Waals surface area contributed by atoms with Crippen LogP contribution in [-0.4, -0.2) is 37.0 Å². The highest BCUT2D eigenvalue weighted by molar-refractivity contribution is 5.79. The molecule has 3 heterocycles. The second-order valence-electron chi connectivity index (χ2n) is 7.29. The minimum Gasteiger partial charge on any atom is -0.355 e. The molecule has 2 aromatic rings. The number of hydrogen-bond acceptors (Lipinski definition) is 4. The third-order valence-corrected chi connectivity index (χ3v) is 4.76. The molecule has 1 aliphatic rings. The molecule has 2 aromatic heterocycles. The first-order valence-electron chi connectivity index (χ1n) is 9.16. The molecule has 3 rings (SSSR count). The maximum Gasteiger partial charge on any atom is 0.224 e. The molecule has 7 nitrogen and oxygen atoms in total. The maximum absolute atomic E-state index is 12.3. The van der Waals surface area contributed by atoms with E-state index in [1.165, 1.54) is 0 Å². The summed E-state index contributed by atoms with van der Waals surface area (Å²) in [7, 11) is 0. The van der Waals surface area contributed by atoms with Crippen molar-refractivity contribution in [1.29, 1.82) is 0 Å². The van der Waals surface area contributed by atoms with E-state index in [-0.39, 0.29) is 5.91 Å². The van der Waals surface area contributed by atoms with E-state index in [9.17, 15) is 4.79 Å². The molecule has 0 saturated heterocycles. The molecule has 0 atom stereocenters. The lowest BCUT2D eigenvalue weighted by atomic mass is 10.1. The maximum atomic E-state index is 12.3. The van der Waals surface area contributed by atoms with Gasteiger partial charge in [-0.3, -0.25) is 9.48 Å². The average molecular weight is 344 g/mol. The van der Waals surface area contributed by atoms with E-state index in [1.54, 1.807) is 0 Å². The molecule has 136 valence electrons. The topological polar surface area (TPSA) is 77.6 Å². The van der Waals surface area contributed by atoms with Gasteiger partial charge in [0.2, 0.25) is 5.91 Å². The molecule has 0 saturated carbocycles. The van der Waals surface area contributed by atoms with Gasteiger partial charge in [-0.1, -0.05) is 13.8 Å². The number of aromatic nitrogens is 5. The SMILES string of the molecule is Cc1nn(CC(C)C)c(C)c1CC(=O)NCCc1nnc2n1CCC2. The fourth-order valence-corrected chi connectivity index (χ4v) is 3.45. The number of nitrogens with zero attached hydrogens (tertiary/aromatic N) is 5. The summed E-state index contributed by atoms with van der Waals surface area (Å²) in [6, 6.07) is 0. The zero-order valence-corrected chi connectivity index (χ0v) is 15.7. The van der Waals surface area contributed by atoms with Crippen molar-refractivity contribution in [1.82, 2.24) is 29.9 Å². The molecule has 1 N–H and O–H groups in total. The Morgan fingerprint density at radius 3 is 2.84 bits per heavy atom. The molecule has 0 aromatic carbocycles. The predicted octanol–water partition coefficient (Wildman–Crippen LogP) is 1.60. The van der Waals surface area contributed by atoms with Gasteiger partial charge in [-0.25, -0.2) is 0 Å². The Kier molecular flexibility index (Phi) is 5.20. The molecule has 0 radical (unpaired) electrons. The lowest BCUT2D eigenvalue weighted by Crippen LogP contribution is -2.28. The molecular weight excluding hydrogens is 316 g/mol. The normalized spacial score (nSPS) is 13.5. The van der Waals surface area contributed by atoms with Crippen LogP contribution < -0.4 is 5.32 Å². The molecule has 0 aliphatic carbocycles. The Hall–Kier alpha value is -2.18. The Morgan fingerprint density at radius 1 is 1.28 bits per heavy atom. The van der Waals surface area contributed by atoms with E-state index in [0.29, 0.717) is 18.9 Å². The lowest BCUT2D eigenvalue weighted by molar-refractivity contribution is -0.120. The summed E-state index contributed by atoms with van der Waals surface area (Å²) in [5.41, 5.74) is 3.08. The van der Waals surface area contributed by atoms with Crippen molar-refractivity contribution in [2.24, 2.45) is 5.92 Å². The number of carbonyl (C=O) groups excluding carboxylic acids is 1. The van der Waals surface area contributed by atoms with Gasteiger partial charge in [0.1, 0.15) is 11.6 Å². The smallest absolute Gasteiger partial charge is 0.224 e. The van der Waals surface area contributed by atoms with E-state index < -0.39 is 0 Å². The molecule has 0 fully saturated rings. The van der Waals surface area contributed by atoms with Crippen molar-refractivity contribution in [2.75, 3.05) is 6.54 Å². The molecule has 7 heteroatoms. The first-order chi connectivity index (χ1) is 12.0. The van der Waals surface area contributed by atoms with Gasteiger partial charge in [0, 0.05) is 43.7 Å². The summed E-state index contributed by atoms with van der Waals surface area (Å²) in [5, 5.41) is 16.0. The van der Waals surface area contributed by atoms with E-state index in [2.05, 4.69) is 39.0 Å². The van der Waals surface area contributed by atoms with Gasteiger partial charge < -0.3 is 9.88 Å². The van der Waals surface area contributed by atoms with Crippen LogP contribution in [0.4, 0.5) is 0 Å². The lowest BCUT2D eigenvalue weighted by Gasteiger charge is -2.08. The van der Waals surface area contributed by atoms with Gasteiger partial charge in [-0.15, -0.1) is 10.2 Å². The molecule has 1 aliphatic heterocycles. The van der Waals surface area contributed by atoms with Crippen LogP contribution in [0.3, 0.4) is 0 Å². The molecule has 0 spiro atoms. The van der Waals surface area contributed by atoms with Crippen LogP contribution in [0.15, 0.2) is 0 Å². The second-order valence-corrected chi connectivity index (χ2v) is 7.29. The average Bonchev–Trinajstić information content (AvgIpc) is 3.20. The molecule has 0 bridgehead atoms. The third kappa shape index (κ3) is 3.91. The van der Waals surface area contributed by atoms with Crippen LogP contribution >= 0.6 is 0 Å².